The largest absolute Gasteiger partial charge is 0.385 e. The minimum atomic E-state index is 0.918. The summed E-state index contributed by atoms with van der Waals surface area (Å²) in [4.78, 5) is 1.10. The molecular formula is C18H20N4S. The van der Waals surface area contributed by atoms with E-state index in [1.165, 1.54) is 11.5 Å². The zero-order valence-corrected chi connectivity index (χ0v) is 14.2. The van der Waals surface area contributed by atoms with Crippen molar-refractivity contribution >= 4 is 22.9 Å². The Morgan fingerprint density at radius 2 is 1.30 bits per heavy atom. The van der Waals surface area contributed by atoms with E-state index in [1.807, 2.05) is 0 Å². The maximum atomic E-state index is 4.33. The highest BCUT2D eigenvalue weighted by Gasteiger charge is 2.12. The van der Waals surface area contributed by atoms with Crippen LogP contribution in [0.5, 0.6) is 0 Å². The van der Waals surface area contributed by atoms with Gasteiger partial charge in [-0.25, -0.2) is 0 Å². The molecule has 0 fully saturated rings. The van der Waals surface area contributed by atoms with Crippen molar-refractivity contribution in [1.29, 1.82) is 0 Å². The SMILES string of the molecule is CCNc1ccc(-c2nnsc2-c2ccc(NCC)cc2)cc1. The highest BCUT2D eigenvalue weighted by Crippen LogP contribution is 2.34. The molecule has 0 atom stereocenters. The molecular weight excluding hydrogens is 304 g/mol. The summed E-state index contributed by atoms with van der Waals surface area (Å²) in [6, 6.07) is 16.8. The van der Waals surface area contributed by atoms with Crippen LogP contribution >= 0.6 is 11.5 Å². The summed E-state index contributed by atoms with van der Waals surface area (Å²) in [5.74, 6) is 0. The third kappa shape index (κ3) is 3.51. The van der Waals surface area contributed by atoms with Gasteiger partial charge in [0, 0.05) is 30.0 Å². The van der Waals surface area contributed by atoms with Gasteiger partial charge in [-0.1, -0.05) is 28.8 Å². The minimum Gasteiger partial charge on any atom is -0.385 e. The van der Waals surface area contributed by atoms with Crippen LogP contribution in [0.4, 0.5) is 11.4 Å². The van der Waals surface area contributed by atoms with E-state index < -0.39 is 0 Å². The Balaban J connectivity index is 1.89. The van der Waals surface area contributed by atoms with Crippen molar-refractivity contribution in [2.24, 2.45) is 0 Å². The van der Waals surface area contributed by atoms with Gasteiger partial charge in [0.1, 0.15) is 5.69 Å². The Morgan fingerprint density at radius 3 is 1.83 bits per heavy atom. The lowest BCUT2D eigenvalue weighted by atomic mass is 10.1. The molecule has 0 unspecified atom stereocenters. The quantitative estimate of drug-likeness (QED) is 0.688. The molecule has 0 radical (unpaired) electrons. The predicted octanol–water partition coefficient (Wildman–Crippen LogP) is 4.74. The third-order valence-electron chi connectivity index (χ3n) is 3.56. The second-order valence-electron chi connectivity index (χ2n) is 5.17. The zero-order chi connectivity index (χ0) is 16.1. The van der Waals surface area contributed by atoms with Crippen molar-refractivity contribution < 1.29 is 0 Å². The molecule has 5 heteroatoms. The predicted molar refractivity (Wildman–Crippen MR) is 99.1 cm³/mol. The van der Waals surface area contributed by atoms with Gasteiger partial charge in [-0.2, -0.15) is 0 Å². The molecule has 118 valence electrons. The van der Waals surface area contributed by atoms with Gasteiger partial charge in [0.05, 0.1) is 4.88 Å². The molecule has 2 aromatic carbocycles. The van der Waals surface area contributed by atoms with Crippen LogP contribution in [-0.2, 0) is 0 Å². The molecule has 3 aromatic rings. The van der Waals surface area contributed by atoms with Crippen LogP contribution < -0.4 is 10.6 Å². The first-order valence-electron chi connectivity index (χ1n) is 7.82. The van der Waals surface area contributed by atoms with Crippen molar-refractivity contribution in [2.45, 2.75) is 13.8 Å². The van der Waals surface area contributed by atoms with Crippen LogP contribution in [0, 0.1) is 0 Å². The smallest absolute Gasteiger partial charge is 0.113 e. The lowest BCUT2D eigenvalue weighted by Crippen LogP contribution is -1.96. The van der Waals surface area contributed by atoms with E-state index in [0.717, 1.165) is 46.2 Å². The average molecular weight is 324 g/mol. The van der Waals surface area contributed by atoms with Gasteiger partial charge in [0.2, 0.25) is 0 Å². The topological polar surface area (TPSA) is 49.8 Å². The van der Waals surface area contributed by atoms with Crippen molar-refractivity contribution in [3.8, 4) is 21.7 Å². The molecule has 0 bridgehead atoms. The Morgan fingerprint density at radius 1 is 0.783 bits per heavy atom. The number of hydrogen-bond acceptors (Lipinski definition) is 5. The van der Waals surface area contributed by atoms with E-state index in [-0.39, 0.29) is 0 Å². The van der Waals surface area contributed by atoms with Crippen molar-refractivity contribution in [1.82, 2.24) is 9.59 Å². The fraction of sp³-hybridized carbons (Fsp3) is 0.222. The van der Waals surface area contributed by atoms with E-state index in [0.29, 0.717) is 0 Å². The van der Waals surface area contributed by atoms with Gasteiger partial charge in [-0.05, 0) is 55.2 Å². The molecule has 0 saturated carbocycles. The highest BCUT2D eigenvalue weighted by molar-refractivity contribution is 7.09. The van der Waals surface area contributed by atoms with Crippen molar-refractivity contribution in [3.05, 3.63) is 48.5 Å². The van der Waals surface area contributed by atoms with Crippen LogP contribution in [0.3, 0.4) is 0 Å². The molecule has 0 saturated heterocycles. The zero-order valence-electron chi connectivity index (χ0n) is 13.3. The lowest BCUT2D eigenvalue weighted by Gasteiger charge is -2.06. The van der Waals surface area contributed by atoms with Gasteiger partial charge in [-0.15, -0.1) is 5.10 Å². The van der Waals surface area contributed by atoms with Crippen molar-refractivity contribution in [2.75, 3.05) is 23.7 Å². The molecule has 1 heterocycles. The molecule has 0 aliphatic carbocycles. The van der Waals surface area contributed by atoms with Gasteiger partial charge < -0.3 is 10.6 Å². The van der Waals surface area contributed by atoms with Gasteiger partial charge in [0.25, 0.3) is 0 Å². The number of nitrogens with one attached hydrogen (secondary N) is 2. The van der Waals surface area contributed by atoms with Crippen LogP contribution in [0.25, 0.3) is 21.7 Å². The summed E-state index contributed by atoms with van der Waals surface area (Å²) < 4.78 is 4.15. The monoisotopic (exact) mass is 324 g/mol. The highest BCUT2D eigenvalue weighted by atomic mass is 32.1. The van der Waals surface area contributed by atoms with E-state index in [2.05, 4.69) is 82.6 Å². The normalized spacial score (nSPS) is 10.5. The summed E-state index contributed by atoms with van der Waals surface area (Å²) >= 11 is 1.43. The standard InChI is InChI=1S/C18H20N4S/c1-3-19-15-9-5-13(6-10-15)17-18(23-22-21-17)14-7-11-16(12-8-14)20-4-2/h5-12,19-20H,3-4H2,1-2H3. The number of anilines is 2. The molecule has 0 aliphatic heterocycles. The lowest BCUT2D eigenvalue weighted by molar-refractivity contribution is 1.16. The van der Waals surface area contributed by atoms with Gasteiger partial charge >= 0.3 is 0 Å². The summed E-state index contributed by atoms with van der Waals surface area (Å²) in [5.41, 5.74) is 5.43. The molecule has 0 amide bonds. The number of hydrogen-bond donors (Lipinski definition) is 2. The molecule has 23 heavy (non-hydrogen) atoms. The minimum absolute atomic E-state index is 0.918. The molecule has 0 aliphatic rings. The average Bonchev–Trinajstić information content (AvgIpc) is 3.06. The fourth-order valence-corrected chi connectivity index (χ4v) is 3.15. The Labute approximate surface area is 140 Å². The Hall–Kier alpha value is -2.40. The number of benzene rings is 2. The summed E-state index contributed by atoms with van der Waals surface area (Å²) in [7, 11) is 0. The summed E-state index contributed by atoms with van der Waals surface area (Å²) in [6.45, 7) is 6.02. The first kappa shape index (κ1) is 15.5. The van der Waals surface area contributed by atoms with Crippen LogP contribution in [0.15, 0.2) is 48.5 Å². The third-order valence-corrected chi connectivity index (χ3v) is 4.33. The van der Waals surface area contributed by atoms with E-state index in [4.69, 9.17) is 0 Å². The molecule has 4 nitrogen and oxygen atoms in total. The first-order chi connectivity index (χ1) is 11.3. The van der Waals surface area contributed by atoms with Crippen molar-refractivity contribution in [3.63, 3.8) is 0 Å². The van der Waals surface area contributed by atoms with E-state index in [1.54, 1.807) is 0 Å². The number of rotatable bonds is 6. The molecule has 0 spiro atoms. The number of aromatic nitrogens is 2. The molecule has 1 aromatic heterocycles. The molecule has 3 rings (SSSR count). The van der Waals surface area contributed by atoms with E-state index in [9.17, 15) is 0 Å². The Kier molecular flexibility index (Phi) is 4.88. The van der Waals surface area contributed by atoms with Gasteiger partial charge in [-0.3, -0.25) is 0 Å². The second kappa shape index (κ2) is 7.24. The molecule has 2 N–H and O–H groups in total. The van der Waals surface area contributed by atoms with E-state index >= 15 is 0 Å². The van der Waals surface area contributed by atoms with Crippen LogP contribution in [0.1, 0.15) is 13.8 Å². The Bertz CT molecular complexity index is 683. The summed E-state index contributed by atoms with van der Waals surface area (Å²) in [6.07, 6.45) is 0. The summed E-state index contributed by atoms with van der Waals surface area (Å²) in [5, 5.41) is 10.9. The van der Waals surface area contributed by atoms with Gasteiger partial charge in [0.15, 0.2) is 0 Å². The maximum Gasteiger partial charge on any atom is 0.113 e. The number of nitrogens with zero attached hydrogens (tertiary/aromatic N) is 2. The second-order valence-corrected chi connectivity index (χ2v) is 5.92. The van der Waals surface area contributed by atoms with Crippen LogP contribution in [-0.4, -0.2) is 22.7 Å². The fourth-order valence-electron chi connectivity index (χ4n) is 2.46. The first-order valence-corrected chi connectivity index (χ1v) is 8.60. The maximum absolute atomic E-state index is 4.33. The van der Waals surface area contributed by atoms with Crippen LogP contribution in [0.2, 0.25) is 0 Å².